The summed E-state index contributed by atoms with van der Waals surface area (Å²) in [5, 5.41) is 3.00. The number of amides is 2. The largest absolute Gasteiger partial charge is 0.493 e. The van der Waals surface area contributed by atoms with E-state index in [0.717, 1.165) is 44.7 Å². The summed E-state index contributed by atoms with van der Waals surface area (Å²) in [5.74, 6) is 1.35. The van der Waals surface area contributed by atoms with Crippen molar-refractivity contribution in [3.8, 4) is 11.5 Å². The van der Waals surface area contributed by atoms with Crippen molar-refractivity contribution in [3.05, 3.63) is 59.7 Å². The number of hydrogen-bond acceptors (Lipinski definition) is 4. The van der Waals surface area contributed by atoms with E-state index in [-0.39, 0.29) is 6.03 Å². The molecule has 28 heavy (non-hydrogen) atoms. The first-order chi connectivity index (χ1) is 13.7. The molecule has 150 valence electrons. The Balaban J connectivity index is 1.41. The van der Waals surface area contributed by atoms with Crippen molar-refractivity contribution in [1.29, 1.82) is 0 Å². The van der Waals surface area contributed by atoms with Crippen LogP contribution in [0.15, 0.2) is 48.5 Å². The normalized spacial score (nSPS) is 14.6. The van der Waals surface area contributed by atoms with Gasteiger partial charge in [0.1, 0.15) is 0 Å². The third-order valence-corrected chi connectivity index (χ3v) is 5.11. The summed E-state index contributed by atoms with van der Waals surface area (Å²) in [6.07, 6.45) is 1.05. The molecule has 0 atom stereocenters. The first-order valence-electron chi connectivity index (χ1n) is 9.69. The van der Waals surface area contributed by atoms with Gasteiger partial charge in [0.05, 0.1) is 14.2 Å². The molecule has 0 radical (unpaired) electrons. The van der Waals surface area contributed by atoms with Crippen LogP contribution in [0, 0.1) is 0 Å². The zero-order valence-electron chi connectivity index (χ0n) is 16.7. The van der Waals surface area contributed by atoms with Gasteiger partial charge >= 0.3 is 6.03 Å². The fraction of sp³-hybridized carbons (Fsp3) is 0.409. The van der Waals surface area contributed by atoms with Crippen LogP contribution in [-0.2, 0) is 13.0 Å². The highest BCUT2D eigenvalue weighted by atomic mass is 16.5. The number of carbonyl (C=O) groups excluding carboxylic acids is 1. The van der Waals surface area contributed by atoms with Crippen molar-refractivity contribution in [2.75, 3.05) is 46.9 Å². The van der Waals surface area contributed by atoms with Crippen LogP contribution in [0.2, 0.25) is 0 Å². The van der Waals surface area contributed by atoms with E-state index in [1.165, 1.54) is 5.56 Å². The van der Waals surface area contributed by atoms with Crippen molar-refractivity contribution >= 4 is 6.03 Å². The number of nitrogens with zero attached hydrogens (tertiary/aromatic N) is 2. The zero-order valence-corrected chi connectivity index (χ0v) is 16.7. The predicted octanol–water partition coefficient (Wildman–Crippen LogP) is 2.77. The predicted molar refractivity (Wildman–Crippen MR) is 110 cm³/mol. The first-order valence-corrected chi connectivity index (χ1v) is 9.69. The summed E-state index contributed by atoms with van der Waals surface area (Å²) in [5.41, 5.74) is 2.34. The maximum Gasteiger partial charge on any atom is 0.317 e. The molecule has 1 aliphatic rings. The number of carbonyl (C=O) groups is 1. The van der Waals surface area contributed by atoms with Gasteiger partial charge in [0.15, 0.2) is 11.5 Å². The molecule has 1 saturated heterocycles. The molecule has 6 nitrogen and oxygen atoms in total. The van der Waals surface area contributed by atoms with Crippen LogP contribution in [0.25, 0.3) is 0 Å². The topological polar surface area (TPSA) is 54.0 Å². The van der Waals surface area contributed by atoms with Crippen LogP contribution in [0.1, 0.15) is 11.1 Å². The standard InChI is InChI=1S/C22H29N3O3/c1-27-20-9-8-19(16-21(20)28-2)17-23-22(26)25-14-12-24(13-15-25)11-10-18-6-4-3-5-7-18/h3-9,16H,10-15,17H2,1-2H3,(H,23,26). The number of benzene rings is 2. The van der Waals surface area contributed by atoms with Crippen LogP contribution in [0.4, 0.5) is 4.79 Å². The number of urea groups is 1. The van der Waals surface area contributed by atoms with Crippen molar-refractivity contribution in [2.45, 2.75) is 13.0 Å². The van der Waals surface area contributed by atoms with Crippen molar-refractivity contribution in [2.24, 2.45) is 0 Å². The molecular weight excluding hydrogens is 354 g/mol. The van der Waals surface area contributed by atoms with E-state index in [9.17, 15) is 4.79 Å². The Bertz CT molecular complexity index is 759. The third kappa shape index (κ3) is 5.39. The van der Waals surface area contributed by atoms with Crippen LogP contribution >= 0.6 is 0 Å². The summed E-state index contributed by atoms with van der Waals surface area (Å²) < 4.78 is 10.6. The van der Waals surface area contributed by atoms with Crippen molar-refractivity contribution < 1.29 is 14.3 Å². The Morgan fingerprint density at radius 3 is 2.32 bits per heavy atom. The van der Waals surface area contributed by atoms with Crippen LogP contribution in [0.3, 0.4) is 0 Å². The van der Waals surface area contributed by atoms with Gasteiger partial charge in [-0.3, -0.25) is 4.90 Å². The van der Waals surface area contributed by atoms with Gasteiger partial charge in [-0.05, 0) is 29.7 Å². The minimum absolute atomic E-state index is 0.0162. The smallest absolute Gasteiger partial charge is 0.317 e. The van der Waals surface area contributed by atoms with E-state index >= 15 is 0 Å². The molecule has 2 aromatic carbocycles. The lowest BCUT2D eigenvalue weighted by molar-refractivity contribution is 0.140. The molecule has 0 spiro atoms. The molecule has 2 amide bonds. The van der Waals surface area contributed by atoms with E-state index < -0.39 is 0 Å². The SMILES string of the molecule is COc1ccc(CNC(=O)N2CCN(CCc3ccccc3)CC2)cc1OC. The van der Waals surface area contributed by atoms with Gasteiger partial charge in [-0.1, -0.05) is 36.4 Å². The third-order valence-electron chi connectivity index (χ3n) is 5.11. The molecule has 3 rings (SSSR count). The minimum atomic E-state index is -0.0162. The highest BCUT2D eigenvalue weighted by Gasteiger charge is 2.20. The van der Waals surface area contributed by atoms with Gasteiger partial charge in [0, 0.05) is 39.3 Å². The second-order valence-electron chi connectivity index (χ2n) is 6.91. The lowest BCUT2D eigenvalue weighted by atomic mass is 10.1. The van der Waals surface area contributed by atoms with Crippen LogP contribution in [0.5, 0.6) is 11.5 Å². The maximum absolute atomic E-state index is 12.5. The average molecular weight is 383 g/mol. The van der Waals surface area contributed by atoms with E-state index in [4.69, 9.17) is 9.47 Å². The van der Waals surface area contributed by atoms with Crippen molar-refractivity contribution in [3.63, 3.8) is 0 Å². The average Bonchev–Trinajstić information content (AvgIpc) is 2.76. The Hall–Kier alpha value is -2.73. The van der Waals surface area contributed by atoms with Crippen LogP contribution in [-0.4, -0.2) is 62.8 Å². The molecule has 0 bridgehead atoms. The fourth-order valence-electron chi connectivity index (χ4n) is 3.39. The summed E-state index contributed by atoms with van der Waals surface area (Å²) in [7, 11) is 3.22. The second-order valence-corrected chi connectivity index (χ2v) is 6.91. The molecule has 2 aromatic rings. The first kappa shape index (κ1) is 20.0. The lowest BCUT2D eigenvalue weighted by Crippen LogP contribution is -2.51. The quantitative estimate of drug-likeness (QED) is 0.799. The molecule has 1 aliphatic heterocycles. The Morgan fingerprint density at radius 2 is 1.64 bits per heavy atom. The zero-order chi connectivity index (χ0) is 19.8. The number of methoxy groups -OCH3 is 2. The molecule has 0 saturated carbocycles. The van der Waals surface area contributed by atoms with E-state index in [2.05, 4.69) is 34.5 Å². The highest BCUT2D eigenvalue weighted by molar-refractivity contribution is 5.74. The minimum Gasteiger partial charge on any atom is -0.493 e. The summed E-state index contributed by atoms with van der Waals surface area (Å²) in [4.78, 5) is 16.8. The molecular formula is C22H29N3O3. The molecule has 1 fully saturated rings. The van der Waals surface area contributed by atoms with E-state index in [0.29, 0.717) is 18.0 Å². The molecule has 0 aromatic heterocycles. The molecule has 6 heteroatoms. The van der Waals surface area contributed by atoms with Crippen molar-refractivity contribution in [1.82, 2.24) is 15.1 Å². The van der Waals surface area contributed by atoms with Gasteiger partial charge in [0.2, 0.25) is 0 Å². The number of rotatable bonds is 7. The van der Waals surface area contributed by atoms with Gasteiger partial charge in [-0.25, -0.2) is 4.79 Å². The Kier molecular flexibility index (Phi) is 7.14. The number of nitrogens with one attached hydrogen (secondary N) is 1. The molecule has 0 aliphatic carbocycles. The highest BCUT2D eigenvalue weighted by Crippen LogP contribution is 2.27. The summed E-state index contributed by atoms with van der Waals surface area (Å²) in [6, 6.07) is 16.2. The summed E-state index contributed by atoms with van der Waals surface area (Å²) in [6.45, 7) is 4.84. The van der Waals surface area contributed by atoms with Gasteiger partial charge < -0.3 is 19.7 Å². The second kappa shape index (κ2) is 9.99. The van der Waals surface area contributed by atoms with Crippen LogP contribution < -0.4 is 14.8 Å². The van der Waals surface area contributed by atoms with Gasteiger partial charge in [-0.2, -0.15) is 0 Å². The Labute approximate surface area is 167 Å². The van der Waals surface area contributed by atoms with E-state index in [1.807, 2.05) is 29.2 Å². The maximum atomic E-state index is 12.5. The lowest BCUT2D eigenvalue weighted by Gasteiger charge is -2.34. The van der Waals surface area contributed by atoms with Gasteiger partial charge in [-0.15, -0.1) is 0 Å². The molecule has 1 heterocycles. The molecule has 0 unspecified atom stereocenters. The van der Waals surface area contributed by atoms with E-state index in [1.54, 1.807) is 14.2 Å². The Morgan fingerprint density at radius 1 is 0.929 bits per heavy atom. The number of piperazine rings is 1. The molecule has 1 N–H and O–H groups in total. The van der Waals surface area contributed by atoms with Gasteiger partial charge in [0.25, 0.3) is 0 Å². The number of ether oxygens (including phenoxy) is 2. The monoisotopic (exact) mass is 383 g/mol. The fourth-order valence-corrected chi connectivity index (χ4v) is 3.39. The number of hydrogen-bond donors (Lipinski definition) is 1. The summed E-state index contributed by atoms with van der Waals surface area (Å²) >= 11 is 0.